The zero-order valence-corrected chi connectivity index (χ0v) is 24.6. The van der Waals surface area contributed by atoms with Crippen molar-refractivity contribution in [1.29, 1.82) is 0 Å². The van der Waals surface area contributed by atoms with Gasteiger partial charge >= 0.3 is 0 Å². The Labute approximate surface area is 250 Å². The number of thiazole rings is 1. The van der Waals surface area contributed by atoms with Crippen LogP contribution >= 0.6 is 11.3 Å². The number of aromatic nitrogens is 1. The van der Waals surface area contributed by atoms with Crippen LogP contribution in [-0.4, -0.2) is 25.1 Å². The van der Waals surface area contributed by atoms with Crippen LogP contribution in [0.15, 0.2) is 102 Å². The molecule has 8 heteroatoms. The van der Waals surface area contributed by atoms with Gasteiger partial charge in [0.1, 0.15) is 11.5 Å². The maximum Gasteiger partial charge on any atom is 0.251 e. The summed E-state index contributed by atoms with van der Waals surface area (Å²) in [7, 11) is 3.30. The first-order valence-electron chi connectivity index (χ1n) is 13.7. The second-order valence-electron chi connectivity index (χ2n) is 9.83. The zero-order valence-electron chi connectivity index (χ0n) is 23.7. The summed E-state index contributed by atoms with van der Waals surface area (Å²) in [5.41, 5.74) is 12.4. The van der Waals surface area contributed by atoms with Crippen molar-refractivity contribution in [3.05, 3.63) is 130 Å². The summed E-state index contributed by atoms with van der Waals surface area (Å²) in [6, 6.07) is 31.7. The normalized spacial score (nSPS) is 10.7. The minimum atomic E-state index is -0.113. The second kappa shape index (κ2) is 13.8. The molecule has 0 unspecified atom stereocenters. The minimum absolute atomic E-state index is 0.113. The van der Waals surface area contributed by atoms with Gasteiger partial charge in [-0.25, -0.2) is 4.98 Å². The number of nitrogens with one attached hydrogen (secondary N) is 1. The number of ether oxygens (including phenoxy) is 2. The first kappa shape index (κ1) is 28.9. The molecular formula is C34H34N4O3S. The predicted molar refractivity (Wildman–Crippen MR) is 169 cm³/mol. The highest BCUT2D eigenvalue weighted by atomic mass is 32.1. The fraction of sp³-hybridized carbons (Fsp3) is 0.176. The summed E-state index contributed by atoms with van der Waals surface area (Å²) in [5, 5.41) is 5.94. The number of anilines is 1. The molecule has 1 amide bonds. The standard InChI is InChI=1S/C34H34N4O3S/c1-40-29-15-16-32(41-2)30(18-29)31-23-42-34(37-31)38(21-24-7-4-3-5-8-24)22-25-11-13-28(14-12-25)33(39)36-20-27-10-6-9-26(17-27)19-35/h3-18,23H,19-22,35H2,1-2H3,(H,36,39). The third-order valence-electron chi connectivity index (χ3n) is 6.93. The highest BCUT2D eigenvalue weighted by Gasteiger charge is 2.17. The van der Waals surface area contributed by atoms with Crippen molar-refractivity contribution in [2.75, 3.05) is 19.1 Å². The van der Waals surface area contributed by atoms with E-state index in [0.717, 1.165) is 44.6 Å². The van der Waals surface area contributed by atoms with Crippen molar-refractivity contribution in [1.82, 2.24) is 10.3 Å². The lowest BCUT2D eigenvalue weighted by atomic mass is 10.1. The van der Waals surface area contributed by atoms with Crippen molar-refractivity contribution in [3.8, 4) is 22.8 Å². The van der Waals surface area contributed by atoms with Crippen LogP contribution < -0.4 is 25.4 Å². The lowest BCUT2D eigenvalue weighted by Crippen LogP contribution is -2.23. The van der Waals surface area contributed by atoms with Gasteiger partial charge in [-0.05, 0) is 52.6 Å². The molecular weight excluding hydrogens is 544 g/mol. The summed E-state index contributed by atoms with van der Waals surface area (Å²) in [4.78, 5) is 20.1. The molecule has 0 aliphatic rings. The molecule has 0 spiro atoms. The third kappa shape index (κ3) is 7.15. The highest BCUT2D eigenvalue weighted by molar-refractivity contribution is 7.14. The molecule has 3 N–H and O–H groups in total. The Kier molecular flexibility index (Phi) is 9.48. The molecule has 0 aliphatic heterocycles. The lowest BCUT2D eigenvalue weighted by molar-refractivity contribution is 0.0951. The van der Waals surface area contributed by atoms with Crippen LogP contribution in [0.4, 0.5) is 5.13 Å². The van der Waals surface area contributed by atoms with Gasteiger partial charge in [-0.1, -0.05) is 66.7 Å². The van der Waals surface area contributed by atoms with E-state index < -0.39 is 0 Å². The Morgan fingerprint density at radius 2 is 1.55 bits per heavy atom. The van der Waals surface area contributed by atoms with E-state index in [0.29, 0.717) is 31.7 Å². The molecule has 5 rings (SSSR count). The van der Waals surface area contributed by atoms with E-state index in [-0.39, 0.29) is 5.91 Å². The molecule has 0 radical (unpaired) electrons. The Bertz CT molecular complexity index is 1620. The Morgan fingerprint density at radius 1 is 0.833 bits per heavy atom. The highest BCUT2D eigenvalue weighted by Crippen LogP contribution is 2.36. The number of methoxy groups -OCH3 is 2. The van der Waals surface area contributed by atoms with Crippen LogP contribution in [0.25, 0.3) is 11.3 Å². The average Bonchev–Trinajstić information content (AvgIpc) is 3.54. The number of carbonyl (C=O) groups excluding carboxylic acids is 1. The van der Waals surface area contributed by atoms with Gasteiger partial charge in [0, 0.05) is 42.7 Å². The van der Waals surface area contributed by atoms with Gasteiger partial charge in [0.15, 0.2) is 5.13 Å². The van der Waals surface area contributed by atoms with Crippen LogP contribution in [-0.2, 0) is 26.2 Å². The smallest absolute Gasteiger partial charge is 0.251 e. The Hall–Kier alpha value is -4.66. The number of nitrogens with two attached hydrogens (primary N) is 1. The third-order valence-corrected chi connectivity index (χ3v) is 7.83. The lowest BCUT2D eigenvalue weighted by Gasteiger charge is -2.22. The molecule has 0 saturated heterocycles. The second-order valence-corrected chi connectivity index (χ2v) is 10.7. The molecule has 0 atom stereocenters. The van der Waals surface area contributed by atoms with Gasteiger partial charge in [0.05, 0.1) is 19.9 Å². The first-order valence-corrected chi connectivity index (χ1v) is 14.6. The number of nitrogens with zero attached hydrogens (tertiary/aromatic N) is 2. The van der Waals surface area contributed by atoms with Crippen molar-refractivity contribution in [2.45, 2.75) is 26.2 Å². The average molecular weight is 579 g/mol. The number of rotatable bonds is 12. The molecule has 1 aromatic heterocycles. The van der Waals surface area contributed by atoms with E-state index in [1.54, 1.807) is 25.6 Å². The van der Waals surface area contributed by atoms with Crippen molar-refractivity contribution in [3.63, 3.8) is 0 Å². The Morgan fingerprint density at radius 3 is 2.26 bits per heavy atom. The molecule has 1 heterocycles. The number of carbonyl (C=O) groups is 1. The van der Waals surface area contributed by atoms with Crippen LogP contribution in [0.1, 0.15) is 32.6 Å². The van der Waals surface area contributed by atoms with Crippen LogP contribution in [0.3, 0.4) is 0 Å². The Balaban J connectivity index is 1.33. The van der Waals surface area contributed by atoms with Gasteiger partial charge in [-0.3, -0.25) is 4.79 Å². The maximum absolute atomic E-state index is 12.8. The van der Waals surface area contributed by atoms with Crippen molar-refractivity contribution in [2.24, 2.45) is 5.73 Å². The van der Waals surface area contributed by atoms with E-state index in [4.69, 9.17) is 20.2 Å². The van der Waals surface area contributed by atoms with E-state index in [1.807, 2.05) is 90.3 Å². The summed E-state index contributed by atoms with van der Waals surface area (Å²) in [6.07, 6.45) is 0. The van der Waals surface area contributed by atoms with E-state index in [9.17, 15) is 4.79 Å². The molecule has 4 aromatic carbocycles. The zero-order chi connectivity index (χ0) is 29.3. The molecule has 42 heavy (non-hydrogen) atoms. The maximum atomic E-state index is 12.8. The van der Waals surface area contributed by atoms with Gasteiger partial charge in [-0.2, -0.15) is 0 Å². The monoisotopic (exact) mass is 578 g/mol. The van der Waals surface area contributed by atoms with E-state index in [2.05, 4.69) is 22.3 Å². The molecule has 0 fully saturated rings. The van der Waals surface area contributed by atoms with E-state index >= 15 is 0 Å². The van der Waals surface area contributed by atoms with Crippen LogP contribution in [0.2, 0.25) is 0 Å². The minimum Gasteiger partial charge on any atom is -0.497 e. The fourth-order valence-corrected chi connectivity index (χ4v) is 5.50. The largest absolute Gasteiger partial charge is 0.497 e. The first-order chi connectivity index (χ1) is 20.6. The SMILES string of the molecule is COc1ccc(OC)c(-c2csc(N(Cc3ccccc3)Cc3ccc(C(=O)NCc4cccc(CN)c4)cc3)n2)c1. The molecule has 0 saturated carbocycles. The van der Waals surface area contributed by atoms with Crippen molar-refractivity contribution < 1.29 is 14.3 Å². The predicted octanol–water partition coefficient (Wildman–Crippen LogP) is 6.42. The molecule has 214 valence electrons. The van der Waals surface area contributed by atoms with Crippen molar-refractivity contribution >= 4 is 22.4 Å². The summed E-state index contributed by atoms with van der Waals surface area (Å²) in [5.74, 6) is 1.37. The number of amides is 1. The molecule has 0 bridgehead atoms. The van der Waals surface area contributed by atoms with Gasteiger partial charge in [0.25, 0.3) is 5.91 Å². The summed E-state index contributed by atoms with van der Waals surface area (Å²) >= 11 is 1.59. The molecule has 5 aromatic rings. The van der Waals surface area contributed by atoms with Gasteiger partial charge in [0.2, 0.25) is 0 Å². The molecule has 7 nitrogen and oxygen atoms in total. The van der Waals surface area contributed by atoms with Gasteiger partial charge < -0.3 is 25.4 Å². The topological polar surface area (TPSA) is 89.7 Å². The summed E-state index contributed by atoms with van der Waals surface area (Å²) < 4.78 is 11.0. The van der Waals surface area contributed by atoms with Crippen LogP contribution in [0.5, 0.6) is 11.5 Å². The van der Waals surface area contributed by atoms with Gasteiger partial charge in [-0.15, -0.1) is 11.3 Å². The number of hydrogen-bond acceptors (Lipinski definition) is 7. The molecule has 0 aliphatic carbocycles. The van der Waals surface area contributed by atoms with Crippen LogP contribution in [0, 0.1) is 0 Å². The quantitative estimate of drug-likeness (QED) is 0.178. The number of benzene rings is 4. The van der Waals surface area contributed by atoms with E-state index in [1.165, 1.54) is 5.56 Å². The number of hydrogen-bond donors (Lipinski definition) is 2. The fourth-order valence-electron chi connectivity index (χ4n) is 4.68. The summed E-state index contributed by atoms with van der Waals surface area (Å²) in [6.45, 7) is 2.24.